The first kappa shape index (κ1) is 16.4. The second kappa shape index (κ2) is 6.97. The summed E-state index contributed by atoms with van der Waals surface area (Å²) < 4.78 is 2.27. The van der Waals surface area contributed by atoms with Crippen LogP contribution in [0.1, 0.15) is 28.7 Å². The van der Waals surface area contributed by atoms with Gasteiger partial charge in [0.15, 0.2) is 5.78 Å². The highest BCUT2D eigenvalue weighted by molar-refractivity contribution is 5.97. The van der Waals surface area contributed by atoms with Crippen LogP contribution in [0.2, 0.25) is 0 Å². The summed E-state index contributed by atoms with van der Waals surface area (Å²) in [5.41, 5.74) is 3.94. The average Bonchev–Trinajstić information content (AvgIpc) is 2.90. The molecule has 0 saturated carbocycles. The van der Waals surface area contributed by atoms with Crippen LogP contribution in [-0.2, 0) is 13.0 Å². The van der Waals surface area contributed by atoms with Crippen LogP contribution in [-0.4, -0.2) is 40.9 Å². The van der Waals surface area contributed by atoms with E-state index >= 15 is 0 Å². The number of hydrogen-bond donors (Lipinski definition) is 0. The third-order valence-corrected chi connectivity index (χ3v) is 4.21. The van der Waals surface area contributed by atoms with Crippen molar-refractivity contribution in [2.75, 3.05) is 20.6 Å². The highest BCUT2D eigenvalue weighted by atomic mass is 16.1. The SMILES string of the molecule is CC(=O)c1ccc2c(c1)nc(Cc1ccccc1)n2CCN(C)C. The molecule has 0 radical (unpaired) electrons. The molecule has 0 unspecified atom stereocenters. The molecule has 0 amide bonds. The van der Waals surface area contributed by atoms with Crippen LogP contribution in [0.15, 0.2) is 48.5 Å². The fourth-order valence-corrected chi connectivity index (χ4v) is 2.86. The lowest BCUT2D eigenvalue weighted by Gasteiger charge is -2.13. The fraction of sp³-hybridized carbons (Fsp3) is 0.300. The summed E-state index contributed by atoms with van der Waals surface area (Å²) in [6.45, 7) is 3.42. The molecule has 0 bridgehead atoms. The first-order valence-corrected chi connectivity index (χ1v) is 8.23. The number of Topliss-reactive ketones (excluding diaryl/α,β-unsaturated/α-hetero) is 1. The van der Waals surface area contributed by atoms with Gasteiger partial charge in [-0.1, -0.05) is 30.3 Å². The van der Waals surface area contributed by atoms with Gasteiger partial charge in [-0.3, -0.25) is 4.79 Å². The number of carbonyl (C=O) groups excluding carboxylic acids is 1. The van der Waals surface area contributed by atoms with E-state index in [1.165, 1.54) is 5.56 Å². The summed E-state index contributed by atoms with van der Waals surface area (Å²) in [6.07, 6.45) is 0.790. The molecule has 2 aromatic carbocycles. The van der Waals surface area contributed by atoms with Crippen molar-refractivity contribution in [1.29, 1.82) is 0 Å². The van der Waals surface area contributed by atoms with E-state index in [0.29, 0.717) is 5.56 Å². The highest BCUT2D eigenvalue weighted by Gasteiger charge is 2.13. The molecule has 124 valence electrons. The Morgan fingerprint density at radius 3 is 2.54 bits per heavy atom. The molecule has 1 aromatic heterocycles. The van der Waals surface area contributed by atoms with Gasteiger partial charge < -0.3 is 9.47 Å². The first-order chi connectivity index (χ1) is 11.5. The highest BCUT2D eigenvalue weighted by Crippen LogP contribution is 2.20. The number of hydrogen-bond acceptors (Lipinski definition) is 3. The zero-order valence-corrected chi connectivity index (χ0v) is 14.5. The van der Waals surface area contributed by atoms with Crippen LogP contribution in [0.25, 0.3) is 11.0 Å². The maximum atomic E-state index is 11.6. The van der Waals surface area contributed by atoms with E-state index in [2.05, 4.69) is 47.8 Å². The van der Waals surface area contributed by atoms with Crippen molar-refractivity contribution in [3.8, 4) is 0 Å². The molecular weight excluding hydrogens is 298 g/mol. The van der Waals surface area contributed by atoms with Gasteiger partial charge in [0.2, 0.25) is 0 Å². The molecule has 0 spiro atoms. The Morgan fingerprint density at radius 2 is 1.88 bits per heavy atom. The van der Waals surface area contributed by atoms with Gasteiger partial charge in [0.1, 0.15) is 5.82 Å². The van der Waals surface area contributed by atoms with Gasteiger partial charge in [-0.2, -0.15) is 0 Å². The lowest BCUT2D eigenvalue weighted by atomic mass is 10.1. The van der Waals surface area contributed by atoms with Gasteiger partial charge in [-0.15, -0.1) is 0 Å². The molecule has 3 aromatic rings. The van der Waals surface area contributed by atoms with Crippen molar-refractivity contribution < 1.29 is 4.79 Å². The molecule has 0 atom stereocenters. The Hall–Kier alpha value is -2.46. The summed E-state index contributed by atoms with van der Waals surface area (Å²) in [5.74, 6) is 1.11. The third kappa shape index (κ3) is 3.54. The summed E-state index contributed by atoms with van der Waals surface area (Å²) >= 11 is 0. The number of likely N-dealkylation sites (N-methyl/N-ethyl adjacent to an activating group) is 1. The van der Waals surface area contributed by atoms with Crippen molar-refractivity contribution in [2.45, 2.75) is 19.9 Å². The number of benzene rings is 2. The molecule has 1 heterocycles. The molecule has 0 N–H and O–H groups in total. The average molecular weight is 321 g/mol. The van der Waals surface area contributed by atoms with E-state index in [9.17, 15) is 4.79 Å². The molecule has 0 fully saturated rings. The lowest BCUT2D eigenvalue weighted by Crippen LogP contribution is -2.19. The summed E-state index contributed by atoms with van der Waals surface area (Å²) in [7, 11) is 4.15. The van der Waals surface area contributed by atoms with E-state index in [4.69, 9.17) is 4.98 Å². The van der Waals surface area contributed by atoms with E-state index in [1.54, 1.807) is 6.92 Å². The van der Waals surface area contributed by atoms with Gasteiger partial charge >= 0.3 is 0 Å². The minimum Gasteiger partial charge on any atom is -0.326 e. The van der Waals surface area contributed by atoms with Gasteiger partial charge in [-0.25, -0.2) is 4.98 Å². The molecule has 4 nitrogen and oxygen atoms in total. The second-order valence-corrected chi connectivity index (χ2v) is 6.41. The zero-order valence-electron chi connectivity index (χ0n) is 14.5. The molecule has 0 saturated heterocycles. The van der Waals surface area contributed by atoms with Gasteiger partial charge in [0.05, 0.1) is 11.0 Å². The fourth-order valence-electron chi connectivity index (χ4n) is 2.86. The van der Waals surface area contributed by atoms with Crippen LogP contribution in [0.3, 0.4) is 0 Å². The van der Waals surface area contributed by atoms with E-state index in [1.807, 2.05) is 24.3 Å². The Bertz CT molecular complexity index is 850. The van der Waals surface area contributed by atoms with Crippen molar-refractivity contribution in [2.24, 2.45) is 0 Å². The normalized spacial score (nSPS) is 11.3. The van der Waals surface area contributed by atoms with Crippen molar-refractivity contribution in [1.82, 2.24) is 14.5 Å². The molecule has 3 rings (SSSR count). The predicted molar refractivity (Wildman–Crippen MR) is 97.5 cm³/mol. The Morgan fingerprint density at radius 1 is 1.12 bits per heavy atom. The molecule has 0 aliphatic rings. The van der Waals surface area contributed by atoms with Gasteiger partial charge in [-0.05, 0) is 44.8 Å². The smallest absolute Gasteiger partial charge is 0.159 e. The van der Waals surface area contributed by atoms with Crippen LogP contribution in [0.5, 0.6) is 0 Å². The van der Waals surface area contributed by atoms with Crippen molar-refractivity contribution in [3.05, 3.63) is 65.5 Å². The maximum Gasteiger partial charge on any atom is 0.159 e. The summed E-state index contributed by atoms with van der Waals surface area (Å²) in [4.78, 5) is 18.6. The molecule has 0 aliphatic carbocycles. The monoisotopic (exact) mass is 321 g/mol. The predicted octanol–water partition coefficient (Wildman–Crippen LogP) is 3.39. The van der Waals surface area contributed by atoms with E-state index < -0.39 is 0 Å². The van der Waals surface area contributed by atoms with E-state index in [-0.39, 0.29) is 5.78 Å². The Balaban J connectivity index is 2.04. The zero-order chi connectivity index (χ0) is 17.1. The van der Waals surface area contributed by atoms with Crippen molar-refractivity contribution >= 4 is 16.8 Å². The maximum absolute atomic E-state index is 11.6. The van der Waals surface area contributed by atoms with Crippen LogP contribution < -0.4 is 0 Å². The molecule has 24 heavy (non-hydrogen) atoms. The topological polar surface area (TPSA) is 38.1 Å². The van der Waals surface area contributed by atoms with Crippen LogP contribution >= 0.6 is 0 Å². The third-order valence-electron chi connectivity index (χ3n) is 4.21. The first-order valence-electron chi connectivity index (χ1n) is 8.23. The molecule has 0 aliphatic heterocycles. The molecular formula is C20H23N3O. The minimum absolute atomic E-state index is 0.0735. The standard InChI is InChI=1S/C20H23N3O/c1-15(24)17-9-10-19-18(14-17)21-20(23(19)12-11-22(2)3)13-16-7-5-4-6-8-16/h4-10,14H,11-13H2,1-3H3. The van der Waals surface area contributed by atoms with Crippen molar-refractivity contribution in [3.63, 3.8) is 0 Å². The number of imidazole rings is 1. The van der Waals surface area contributed by atoms with Gasteiger partial charge in [0.25, 0.3) is 0 Å². The molecule has 4 heteroatoms. The largest absolute Gasteiger partial charge is 0.326 e. The Labute approximate surface area is 142 Å². The summed E-state index contributed by atoms with van der Waals surface area (Å²) in [6, 6.07) is 16.2. The Kier molecular flexibility index (Phi) is 4.76. The number of rotatable bonds is 6. The van der Waals surface area contributed by atoms with Crippen LogP contribution in [0, 0.1) is 0 Å². The second-order valence-electron chi connectivity index (χ2n) is 6.41. The number of nitrogens with zero attached hydrogens (tertiary/aromatic N) is 3. The number of fused-ring (bicyclic) bond motifs is 1. The number of ketones is 1. The van der Waals surface area contributed by atoms with Gasteiger partial charge in [0, 0.05) is 25.1 Å². The quantitative estimate of drug-likeness (QED) is 0.653. The van der Waals surface area contributed by atoms with E-state index in [0.717, 1.165) is 36.4 Å². The number of carbonyl (C=O) groups is 1. The number of aromatic nitrogens is 2. The van der Waals surface area contributed by atoms with Crippen LogP contribution in [0.4, 0.5) is 0 Å². The minimum atomic E-state index is 0.0735. The summed E-state index contributed by atoms with van der Waals surface area (Å²) in [5, 5.41) is 0. The lowest BCUT2D eigenvalue weighted by molar-refractivity contribution is 0.101.